The summed E-state index contributed by atoms with van der Waals surface area (Å²) in [6, 6.07) is 20.3. The summed E-state index contributed by atoms with van der Waals surface area (Å²) in [7, 11) is 0. The van der Waals surface area contributed by atoms with Crippen LogP contribution in [-0.4, -0.2) is 0 Å². The van der Waals surface area contributed by atoms with Gasteiger partial charge < -0.3 is 4.74 Å². The number of ether oxygens (including phenoxy) is 1. The van der Waals surface area contributed by atoms with E-state index in [0.29, 0.717) is 0 Å². The Labute approximate surface area is 105 Å². The van der Waals surface area contributed by atoms with Crippen molar-refractivity contribution < 1.29 is 4.74 Å². The molecule has 1 nitrogen and oxygen atoms in total. The maximum atomic E-state index is 5.87. The maximum Gasteiger partial charge on any atom is 0.237 e. The third-order valence-electron chi connectivity index (χ3n) is 2.54. The predicted molar refractivity (Wildman–Crippen MR) is 71.9 cm³/mol. The summed E-state index contributed by atoms with van der Waals surface area (Å²) >= 11 is 1.63. The highest BCUT2D eigenvalue weighted by atomic mass is 32.2. The minimum atomic E-state index is 0.925. The van der Waals surface area contributed by atoms with Gasteiger partial charge in [0.2, 0.25) is 5.44 Å². The van der Waals surface area contributed by atoms with E-state index in [1.54, 1.807) is 11.8 Å². The average Bonchev–Trinajstić information content (AvgIpc) is 2.90. The molecule has 0 unspecified atom stereocenters. The zero-order valence-electron chi connectivity index (χ0n) is 9.17. The van der Waals surface area contributed by atoms with Crippen molar-refractivity contribution in [1.82, 2.24) is 0 Å². The maximum absolute atomic E-state index is 5.87. The molecule has 2 aromatic rings. The molecular formula is C15H11OS. The van der Waals surface area contributed by atoms with Crippen molar-refractivity contribution in [2.45, 2.75) is 0 Å². The Morgan fingerprint density at radius 3 is 1.94 bits per heavy atom. The Morgan fingerprint density at radius 2 is 1.29 bits per heavy atom. The van der Waals surface area contributed by atoms with E-state index >= 15 is 0 Å². The molecule has 1 aliphatic rings. The van der Waals surface area contributed by atoms with Crippen molar-refractivity contribution in [3.05, 3.63) is 82.6 Å². The number of hydrogen-bond donors (Lipinski definition) is 0. The largest absolute Gasteiger partial charge is 0.465 e. The summed E-state index contributed by atoms with van der Waals surface area (Å²) < 4.78 is 5.87. The molecule has 1 heterocycles. The first-order valence-corrected chi connectivity index (χ1v) is 6.34. The van der Waals surface area contributed by atoms with Crippen LogP contribution < -0.4 is 0 Å². The first-order chi connectivity index (χ1) is 8.43. The van der Waals surface area contributed by atoms with Crippen molar-refractivity contribution in [2.75, 3.05) is 0 Å². The van der Waals surface area contributed by atoms with Gasteiger partial charge in [0.05, 0.1) is 0 Å². The molecule has 0 saturated carbocycles. The molecule has 83 valence electrons. The summed E-state index contributed by atoms with van der Waals surface area (Å²) in [5.74, 6) is 0.925. The van der Waals surface area contributed by atoms with Gasteiger partial charge in [-0.25, -0.2) is 0 Å². The molecule has 17 heavy (non-hydrogen) atoms. The fourth-order valence-electron chi connectivity index (χ4n) is 1.69. The lowest BCUT2D eigenvalue weighted by atomic mass is 10.2. The quantitative estimate of drug-likeness (QED) is 0.773. The van der Waals surface area contributed by atoms with Crippen LogP contribution in [0.4, 0.5) is 0 Å². The molecule has 0 amide bonds. The zero-order chi connectivity index (χ0) is 11.5. The number of hydrogen-bond acceptors (Lipinski definition) is 2. The molecule has 1 aliphatic heterocycles. The van der Waals surface area contributed by atoms with Crippen molar-refractivity contribution in [1.29, 1.82) is 0 Å². The highest BCUT2D eigenvalue weighted by molar-refractivity contribution is 8.05. The van der Waals surface area contributed by atoms with E-state index in [4.69, 9.17) is 4.74 Å². The molecule has 0 spiro atoms. The lowest BCUT2D eigenvalue weighted by molar-refractivity contribution is 0.373. The highest BCUT2D eigenvalue weighted by Gasteiger charge is 2.23. The van der Waals surface area contributed by atoms with Crippen molar-refractivity contribution in [3.8, 4) is 0 Å². The van der Waals surface area contributed by atoms with Gasteiger partial charge in [0, 0.05) is 16.5 Å². The van der Waals surface area contributed by atoms with E-state index in [9.17, 15) is 0 Å². The second-order valence-electron chi connectivity index (χ2n) is 3.72. The predicted octanol–water partition coefficient (Wildman–Crippen LogP) is 4.29. The van der Waals surface area contributed by atoms with Crippen LogP contribution in [0, 0.1) is 5.44 Å². The minimum Gasteiger partial charge on any atom is -0.465 e. The molecule has 2 aromatic carbocycles. The van der Waals surface area contributed by atoms with E-state index in [0.717, 1.165) is 22.3 Å². The van der Waals surface area contributed by atoms with Gasteiger partial charge in [-0.15, -0.1) is 0 Å². The van der Waals surface area contributed by atoms with E-state index in [-0.39, 0.29) is 0 Å². The van der Waals surface area contributed by atoms with Crippen LogP contribution in [0.2, 0.25) is 0 Å². The molecule has 0 fully saturated rings. The first-order valence-electron chi connectivity index (χ1n) is 5.46. The molecule has 3 rings (SSSR count). The third-order valence-corrected chi connectivity index (χ3v) is 3.41. The lowest BCUT2D eigenvalue weighted by Gasteiger charge is -2.10. The van der Waals surface area contributed by atoms with Gasteiger partial charge in [0.15, 0.2) is 0 Å². The molecule has 0 N–H and O–H groups in total. The monoisotopic (exact) mass is 239 g/mol. The van der Waals surface area contributed by atoms with Crippen LogP contribution in [0.25, 0.3) is 5.76 Å². The SMILES string of the molecule is C1=C(c2ccccc2)O[C](c2ccccc2)S1. The standard InChI is InChI=1S/C15H11OS/c1-3-7-12(8-4-1)14-11-17-15(16-14)13-9-5-2-6-10-13/h1-11H. The van der Waals surface area contributed by atoms with Gasteiger partial charge in [0.25, 0.3) is 0 Å². The Morgan fingerprint density at radius 1 is 0.706 bits per heavy atom. The van der Waals surface area contributed by atoms with Crippen LogP contribution >= 0.6 is 11.8 Å². The Balaban J connectivity index is 1.78. The molecular weight excluding hydrogens is 228 g/mol. The van der Waals surface area contributed by atoms with Gasteiger partial charge >= 0.3 is 0 Å². The van der Waals surface area contributed by atoms with Crippen molar-refractivity contribution in [2.24, 2.45) is 0 Å². The van der Waals surface area contributed by atoms with Gasteiger partial charge in [-0.05, 0) is 0 Å². The molecule has 2 heteroatoms. The molecule has 0 saturated heterocycles. The van der Waals surface area contributed by atoms with E-state index < -0.39 is 0 Å². The van der Waals surface area contributed by atoms with Crippen molar-refractivity contribution >= 4 is 17.5 Å². The minimum absolute atomic E-state index is 0.925. The van der Waals surface area contributed by atoms with Crippen LogP contribution in [0.3, 0.4) is 0 Å². The fraction of sp³-hybridized carbons (Fsp3) is 0. The number of thioether (sulfide) groups is 1. The molecule has 0 aliphatic carbocycles. The first kappa shape index (κ1) is 10.5. The summed E-state index contributed by atoms with van der Waals surface area (Å²) in [6.07, 6.45) is 0. The second kappa shape index (κ2) is 4.68. The number of benzene rings is 2. The fourth-order valence-corrected chi connectivity index (χ4v) is 2.49. The smallest absolute Gasteiger partial charge is 0.237 e. The van der Waals surface area contributed by atoms with Crippen LogP contribution in [-0.2, 0) is 4.74 Å². The molecule has 0 bridgehead atoms. The third kappa shape index (κ3) is 2.22. The Hall–Kier alpha value is -1.67. The summed E-state index contributed by atoms with van der Waals surface area (Å²) in [6.45, 7) is 0. The topological polar surface area (TPSA) is 9.23 Å². The van der Waals surface area contributed by atoms with Crippen LogP contribution in [0.15, 0.2) is 66.1 Å². The van der Waals surface area contributed by atoms with Gasteiger partial charge in [0.1, 0.15) is 5.76 Å². The van der Waals surface area contributed by atoms with E-state index in [1.807, 2.05) is 36.4 Å². The van der Waals surface area contributed by atoms with Gasteiger partial charge in [-0.1, -0.05) is 72.4 Å². The summed E-state index contributed by atoms with van der Waals surface area (Å²) in [5.41, 5.74) is 3.19. The normalized spacial score (nSPS) is 15.4. The van der Waals surface area contributed by atoms with Gasteiger partial charge in [-0.3, -0.25) is 0 Å². The van der Waals surface area contributed by atoms with Crippen LogP contribution in [0.1, 0.15) is 11.1 Å². The molecule has 0 aromatic heterocycles. The summed E-state index contributed by atoms with van der Waals surface area (Å²) in [4.78, 5) is 0. The average molecular weight is 239 g/mol. The van der Waals surface area contributed by atoms with Crippen molar-refractivity contribution in [3.63, 3.8) is 0 Å². The lowest BCUT2D eigenvalue weighted by Crippen LogP contribution is -1.94. The van der Waals surface area contributed by atoms with E-state index in [2.05, 4.69) is 29.7 Å². The molecule has 0 atom stereocenters. The molecule has 1 radical (unpaired) electrons. The highest BCUT2D eigenvalue weighted by Crippen LogP contribution is 2.42. The zero-order valence-corrected chi connectivity index (χ0v) is 9.98. The summed E-state index contributed by atoms with van der Waals surface area (Å²) in [5, 5.41) is 2.05. The van der Waals surface area contributed by atoms with Gasteiger partial charge in [-0.2, -0.15) is 0 Å². The van der Waals surface area contributed by atoms with E-state index in [1.165, 1.54) is 0 Å². The van der Waals surface area contributed by atoms with Crippen LogP contribution in [0.5, 0.6) is 0 Å². The second-order valence-corrected chi connectivity index (χ2v) is 4.56. The Bertz CT molecular complexity index is 519. The Kier molecular flexibility index (Phi) is 2.88. The number of rotatable bonds is 2.